The van der Waals surface area contributed by atoms with Gasteiger partial charge < -0.3 is 5.73 Å². The monoisotopic (exact) mass is 221 g/mol. The van der Waals surface area contributed by atoms with Crippen molar-refractivity contribution in [2.45, 2.75) is 0 Å². The van der Waals surface area contributed by atoms with Crippen molar-refractivity contribution in [3.63, 3.8) is 0 Å². The van der Waals surface area contributed by atoms with E-state index in [1.165, 1.54) is 0 Å². The number of aldehydes is 1. The second-order valence-corrected chi connectivity index (χ2v) is 4.11. The van der Waals surface area contributed by atoms with Gasteiger partial charge in [-0.15, -0.1) is 0 Å². The van der Waals surface area contributed by atoms with Crippen LogP contribution in [0.25, 0.3) is 21.5 Å². The lowest BCUT2D eigenvalue weighted by atomic mass is 9.99. The molecule has 0 fully saturated rings. The zero-order chi connectivity index (χ0) is 11.8. The highest BCUT2D eigenvalue weighted by molar-refractivity contribution is 6.09. The molecule has 0 aromatic heterocycles. The molecule has 0 unspecified atom stereocenters. The van der Waals surface area contributed by atoms with Crippen molar-refractivity contribution in [3.8, 4) is 0 Å². The molecule has 17 heavy (non-hydrogen) atoms. The third kappa shape index (κ3) is 1.46. The summed E-state index contributed by atoms with van der Waals surface area (Å²) < 4.78 is 0. The van der Waals surface area contributed by atoms with Gasteiger partial charge in [0.25, 0.3) is 0 Å². The molecule has 2 heteroatoms. The summed E-state index contributed by atoms with van der Waals surface area (Å²) in [6.45, 7) is 0. The maximum atomic E-state index is 11.0. The standard InChI is InChI=1S/C15H11NO/c16-15-6-5-12(9-17)13-7-10-3-1-2-4-11(10)8-14(13)15/h1-9H,16H2. The summed E-state index contributed by atoms with van der Waals surface area (Å²) in [4.78, 5) is 11.0. The van der Waals surface area contributed by atoms with E-state index >= 15 is 0 Å². The first-order valence-corrected chi connectivity index (χ1v) is 5.46. The highest BCUT2D eigenvalue weighted by Crippen LogP contribution is 2.28. The number of hydrogen-bond donors (Lipinski definition) is 1. The van der Waals surface area contributed by atoms with Crippen molar-refractivity contribution in [1.82, 2.24) is 0 Å². The fraction of sp³-hybridized carbons (Fsp3) is 0. The molecular weight excluding hydrogens is 210 g/mol. The first kappa shape index (κ1) is 9.85. The Morgan fingerprint density at radius 1 is 0.882 bits per heavy atom. The SMILES string of the molecule is Nc1ccc(C=O)c2cc3ccccc3cc12. The van der Waals surface area contributed by atoms with Gasteiger partial charge >= 0.3 is 0 Å². The Bertz CT molecular complexity index is 731. The molecule has 0 aliphatic heterocycles. The fourth-order valence-corrected chi connectivity index (χ4v) is 2.18. The number of carbonyl (C=O) groups is 1. The molecule has 3 rings (SSSR count). The molecule has 2 N–H and O–H groups in total. The van der Waals surface area contributed by atoms with E-state index in [4.69, 9.17) is 5.73 Å². The van der Waals surface area contributed by atoms with E-state index in [1.54, 1.807) is 12.1 Å². The Kier molecular flexibility index (Phi) is 2.08. The molecule has 0 saturated carbocycles. The van der Waals surface area contributed by atoms with Gasteiger partial charge in [-0.25, -0.2) is 0 Å². The maximum Gasteiger partial charge on any atom is 0.150 e. The average Bonchev–Trinajstić information content (AvgIpc) is 2.38. The average molecular weight is 221 g/mol. The van der Waals surface area contributed by atoms with Crippen LogP contribution in [0.3, 0.4) is 0 Å². The van der Waals surface area contributed by atoms with E-state index in [1.807, 2.05) is 36.4 Å². The van der Waals surface area contributed by atoms with E-state index in [0.29, 0.717) is 11.3 Å². The van der Waals surface area contributed by atoms with Crippen molar-refractivity contribution in [2.24, 2.45) is 0 Å². The number of fused-ring (bicyclic) bond motifs is 2. The van der Waals surface area contributed by atoms with Gasteiger partial charge in [0.2, 0.25) is 0 Å². The molecule has 2 nitrogen and oxygen atoms in total. The maximum absolute atomic E-state index is 11.0. The van der Waals surface area contributed by atoms with Crippen LogP contribution in [0.15, 0.2) is 48.5 Å². The Morgan fingerprint density at radius 3 is 2.18 bits per heavy atom. The topological polar surface area (TPSA) is 43.1 Å². The predicted octanol–water partition coefficient (Wildman–Crippen LogP) is 3.39. The predicted molar refractivity (Wildman–Crippen MR) is 71.3 cm³/mol. The number of anilines is 1. The molecular formula is C15H11NO. The molecule has 0 saturated heterocycles. The van der Waals surface area contributed by atoms with Crippen molar-refractivity contribution >= 4 is 33.5 Å². The molecule has 0 aliphatic rings. The zero-order valence-corrected chi connectivity index (χ0v) is 9.18. The molecule has 0 heterocycles. The number of rotatable bonds is 1. The van der Waals surface area contributed by atoms with Crippen LogP contribution in [-0.4, -0.2) is 6.29 Å². The molecule has 0 atom stereocenters. The van der Waals surface area contributed by atoms with Gasteiger partial charge in [0.05, 0.1) is 0 Å². The summed E-state index contributed by atoms with van der Waals surface area (Å²) in [6.07, 6.45) is 0.872. The number of nitrogen functional groups attached to an aromatic ring is 1. The second-order valence-electron chi connectivity index (χ2n) is 4.11. The van der Waals surface area contributed by atoms with Gasteiger partial charge in [-0.05, 0) is 40.4 Å². The Balaban J connectivity index is 2.54. The molecule has 0 bridgehead atoms. The van der Waals surface area contributed by atoms with Crippen LogP contribution in [0, 0.1) is 0 Å². The van der Waals surface area contributed by atoms with E-state index in [0.717, 1.165) is 27.8 Å². The molecule has 82 valence electrons. The van der Waals surface area contributed by atoms with Gasteiger partial charge in [0, 0.05) is 16.6 Å². The van der Waals surface area contributed by atoms with E-state index in [9.17, 15) is 4.79 Å². The summed E-state index contributed by atoms with van der Waals surface area (Å²) in [7, 11) is 0. The van der Waals surface area contributed by atoms with Crippen LogP contribution < -0.4 is 5.73 Å². The van der Waals surface area contributed by atoms with Crippen molar-refractivity contribution < 1.29 is 4.79 Å². The number of hydrogen-bond acceptors (Lipinski definition) is 2. The van der Waals surface area contributed by atoms with Crippen LogP contribution in [-0.2, 0) is 0 Å². The Morgan fingerprint density at radius 2 is 1.53 bits per heavy atom. The summed E-state index contributed by atoms with van der Waals surface area (Å²) in [5.41, 5.74) is 7.34. The minimum atomic E-state index is 0.681. The Labute approximate surface area is 98.7 Å². The lowest BCUT2D eigenvalue weighted by molar-refractivity contribution is 0.112. The van der Waals surface area contributed by atoms with Gasteiger partial charge in [0.15, 0.2) is 6.29 Å². The van der Waals surface area contributed by atoms with Crippen LogP contribution in [0.1, 0.15) is 10.4 Å². The minimum absolute atomic E-state index is 0.681. The van der Waals surface area contributed by atoms with Crippen LogP contribution >= 0.6 is 0 Å². The summed E-state index contributed by atoms with van der Waals surface area (Å²) >= 11 is 0. The molecule has 0 aliphatic carbocycles. The van der Waals surface area contributed by atoms with Crippen LogP contribution in [0.4, 0.5) is 5.69 Å². The molecule has 0 spiro atoms. The van der Waals surface area contributed by atoms with E-state index < -0.39 is 0 Å². The highest BCUT2D eigenvalue weighted by atomic mass is 16.1. The smallest absolute Gasteiger partial charge is 0.150 e. The third-order valence-electron chi connectivity index (χ3n) is 3.08. The largest absolute Gasteiger partial charge is 0.398 e. The molecule has 0 amide bonds. The van der Waals surface area contributed by atoms with Crippen molar-refractivity contribution in [1.29, 1.82) is 0 Å². The summed E-state index contributed by atoms with van der Waals surface area (Å²) in [6, 6.07) is 15.7. The quantitative estimate of drug-likeness (QED) is 0.389. The van der Waals surface area contributed by atoms with Crippen molar-refractivity contribution in [3.05, 3.63) is 54.1 Å². The molecule has 3 aromatic rings. The van der Waals surface area contributed by atoms with Crippen LogP contribution in [0.2, 0.25) is 0 Å². The third-order valence-corrected chi connectivity index (χ3v) is 3.08. The summed E-state index contributed by atoms with van der Waals surface area (Å²) in [5.74, 6) is 0. The lowest BCUT2D eigenvalue weighted by Crippen LogP contribution is -1.91. The van der Waals surface area contributed by atoms with E-state index in [-0.39, 0.29) is 0 Å². The first-order chi connectivity index (χ1) is 8.29. The van der Waals surface area contributed by atoms with Gasteiger partial charge in [-0.3, -0.25) is 4.79 Å². The number of carbonyl (C=O) groups excluding carboxylic acids is 1. The van der Waals surface area contributed by atoms with Crippen molar-refractivity contribution in [2.75, 3.05) is 5.73 Å². The van der Waals surface area contributed by atoms with Gasteiger partial charge in [-0.2, -0.15) is 0 Å². The van der Waals surface area contributed by atoms with Crippen LogP contribution in [0.5, 0.6) is 0 Å². The second kappa shape index (κ2) is 3.59. The highest BCUT2D eigenvalue weighted by Gasteiger charge is 2.05. The first-order valence-electron chi connectivity index (χ1n) is 5.46. The van der Waals surface area contributed by atoms with Gasteiger partial charge in [-0.1, -0.05) is 24.3 Å². The number of benzene rings is 3. The fourth-order valence-electron chi connectivity index (χ4n) is 2.18. The van der Waals surface area contributed by atoms with E-state index in [2.05, 4.69) is 0 Å². The molecule has 0 radical (unpaired) electrons. The normalized spacial score (nSPS) is 10.8. The summed E-state index contributed by atoms with van der Waals surface area (Å²) in [5, 5.41) is 4.11. The number of nitrogens with two attached hydrogens (primary N) is 1. The lowest BCUT2D eigenvalue weighted by Gasteiger charge is -2.07. The molecule has 3 aromatic carbocycles. The Hall–Kier alpha value is -2.35. The minimum Gasteiger partial charge on any atom is -0.398 e. The zero-order valence-electron chi connectivity index (χ0n) is 9.18. The van der Waals surface area contributed by atoms with Gasteiger partial charge in [0.1, 0.15) is 0 Å².